The molecular formula is C77H98N16O18. The normalized spacial score (nSPS) is 16.4. The lowest BCUT2D eigenvalue weighted by Crippen LogP contribution is -2.53. The number of carboxylic acid groups (broad SMARTS) is 4. The van der Waals surface area contributed by atoms with Crippen LogP contribution in [0, 0.1) is 11.8 Å². The van der Waals surface area contributed by atoms with Crippen molar-refractivity contribution in [2.45, 2.75) is 122 Å². The fourth-order valence-corrected chi connectivity index (χ4v) is 15.4. The molecular weight excluding hydrogens is 1440 g/mol. The summed E-state index contributed by atoms with van der Waals surface area (Å²) in [5.74, 6) is -7.21. The monoisotopic (exact) mass is 1530 g/mol. The number of aryl methyl sites for hydroxylation is 2. The largest absolute Gasteiger partial charge is 0.508 e. The summed E-state index contributed by atoms with van der Waals surface area (Å²) < 4.78 is 6.96. The average Bonchev–Trinajstić information content (AvgIpc) is 1.63. The molecule has 0 aliphatic carbocycles. The number of carbonyl (C=O) groups excluding carboxylic acids is 4. The third kappa shape index (κ3) is 20.0. The number of carboxylic acids is 4. The zero-order chi connectivity index (χ0) is 79.5. The van der Waals surface area contributed by atoms with Crippen LogP contribution in [0.3, 0.4) is 0 Å². The van der Waals surface area contributed by atoms with Crippen molar-refractivity contribution >= 4 is 69.3 Å². The van der Waals surface area contributed by atoms with Crippen LogP contribution in [0.15, 0.2) is 94.8 Å². The molecule has 3 fully saturated rings. The lowest BCUT2D eigenvalue weighted by Gasteiger charge is -2.35. The van der Waals surface area contributed by atoms with E-state index in [-0.39, 0.29) is 141 Å². The standard InChI is InChI=1S/C77H98N16O18/c1-46(2)54-37-56(64(96)40-62(54)94)72-80-82-76(110)92(72)52-5-7-59-50(35-52)17-25-87(59)19-11-48-13-21-90(22-14-48)67(99)39-58(79-66(98)10-9-61(75(108)109)89-33-31-85(44-70(103)104)29-27-84(43-69(101)102)28-30-86(32-34-89)45-71(105)106)74(107)78-42-68(100)91-23-15-49(16-24-91)12-20-88-26-18-51-36-53(6-8-60(51)88)93-73(81-83-77(93)111)57-38-55(47(3)4)63(95)41-65(57)97/h5-8,17-18,25-26,35-38,40-41,46-49,58,61,94-97H,9-16,19-24,27-34,39,42-45H2,1-4H3,(H,78,107)(H,79,98)(H,82,110)(H,83,111)(H,101,102)(H,103,104)(H,105,106)(H,108,109)/t58-,61+/m0/s1. The maximum Gasteiger partial charge on any atom is 0.348 e. The minimum Gasteiger partial charge on any atom is -0.508 e. The van der Waals surface area contributed by atoms with Gasteiger partial charge < -0.3 is 70.4 Å². The van der Waals surface area contributed by atoms with E-state index in [0.29, 0.717) is 87.5 Å². The number of phenolic OH excluding ortho intramolecular Hbond substituents is 4. The van der Waals surface area contributed by atoms with Gasteiger partial charge in [0.25, 0.3) is 0 Å². The van der Waals surface area contributed by atoms with E-state index in [1.165, 1.54) is 26.2 Å². The van der Waals surface area contributed by atoms with Gasteiger partial charge in [-0.1, -0.05) is 27.7 Å². The molecule has 4 amide bonds. The fourth-order valence-electron chi connectivity index (χ4n) is 15.4. The van der Waals surface area contributed by atoms with Crippen LogP contribution in [0.4, 0.5) is 0 Å². The summed E-state index contributed by atoms with van der Waals surface area (Å²) in [6.07, 6.45) is 6.76. The minimum absolute atomic E-state index is 0.0131. The van der Waals surface area contributed by atoms with Gasteiger partial charge in [-0.2, -0.15) is 10.2 Å². The Labute approximate surface area is 638 Å². The number of rotatable bonds is 29. The number of aromatic hydroxyl groups is 4. The van der Waals surface area contributed by atoms with Crippen molar-refractivity contribution in [3.8, 4) is 57.1 Å². The van der Waals surface area contributed by atoms with Gasteiger partial charge in [-0.25, -0.2) is 28.9 Å². The quantitative estimate of drug-likeness (QED) is 0.0309. The van der Waals surface area contributed by atoms with Gasteiger partial charge in [0, 0.05) is 144 Å². The first-order chi connectivity index (χ1) is 53.0. The molecule has 34 nitrogen and oxygen atoms in total. The number of nitrogens with one attached hydrogen (secondary N) is 4. The van der Waals surface area contributed by atoms with Gasteiger partial charge in [0.15, 0.2) is 11.6 Å². The van der Waals surface area contributed by atoms with E-state index in [1.54, 1.807) is 48.8 Å². The molecule has 34 heteroatoms. The van der Waals surface area contributed by atoms with E-state index in [2.05, 4.69) is 40.2 Å². The third-order valence-electron chi connectivity index (χ3n) is 21.6. The first-order valence-corrected chi connectivity index (χ1v) is 37.6. The number of amides is 4. The maximum absolute atomic E-state index is 14.4. The van der Waals surface area contributed by atoms with E-state index < -0.39 is 97.5 Å². The molecule has 7 heterocycles. The van der Waals surface area contributed by atoms with Gasteiger partial charge in [0.2, 0.25) is 23.6 Å². The lowest BCUT2D eigenvalue weighted by atomic mass is 9.93. The Kier molecular flexibility index (Phi) is 26.2. The zero-order valence-electron chi connectivity index (χ0n) is 62.7. The molecule has 8 aromatic rings. The number of fused-ring (bicyclic) bond motifs is 2. The number of aromatic amines is 2. The number of H-pyrrole nitrogens is 2. The Bertz CT molecular complexity index is 4810. The number of hydrogen-bond acceptors (Lipinski definition) is 20. The molecule has 0 saturated carbocycles. The van der Waals surface area contributed by atoms with Gasteiger partial charge in [0.1, 0.15) is 35.1 Å². The molecule has 3 saturated heterocycles. The number of likely N-dealkylation sites (tertiary alicyclic amines) is 2. The number of aliphatic carboxylic acids is 4. The van der Waals surface area contributed by atoms with E-state index in [4.69, 9.17) is 0 Å². The number of benzene rings is 4. The number of hydrogen-bond donors (Lipinski definition) is 12. The van der Waals surface area contributed by atoms with Crippen molar-refractivity contribution < 1.29 is 79.2 Å². The second kappa shape index (κ2) is 36.0. The van der Waals surface area contributed by atoms with Gasteiger partial charge in [-0.15, -0.1) is 0 Å². The molecule has 0 radical (unpaired) electrons. The van der Waals surface area contributed by atoms with Crippen molar-refractivity contribution in [1.82, 2.24) is 78.7 Å². The Morgan fingerprint density at radius 3 is 1.33 bits per heavy atom. The SMILES string of the molecule is CC(C)c1cc(-c2n[nH]c(=O)n2-c2ccc3c(ccn3CCC3CCN(C(=O)CNC(=O)[C@H](CC(=O)N4CCC(CCn5ccc6cc(-n7c(-c8cc(C(C)C)c(O)cc8O)n[nH]c7=O)ccc65)CC4)NC(=O)CC[C@H](C(=O)O)N4CCN(CC(=O)O)CCN(CC(=O)O)CCN(CC(=O)O)CC4)CC3)c2)c(O)cc1O. The summed E-state index contributed by atoms with van der Waals surface area (Å²) in [6.45, 7) is 8.99. The highest BCUT2D eigenvalue weighted by Gasteiger charge is 2.34. The Morgan fingerprint density at radius 2 is 0.928 bits per heavy atom. The van der Waals surface area contributed by atoms with Crippen LogP contribution in [0.25, 0.3) is 56.0 Å². The van der Waals surface area contributed by atoms with Crippen molar-refractivity contribution in [2.24, 2.45) is 11.8 Å². The number of carbonyl (C=O) groups is 8. The number of phenols is 4. The highest BCUT2D eigenvalue weighted by Crippen LogP contribution is 2.40. The molecule has 3 aliphatic rings. The number of piperidine rings is 2. The number of nitrogens with zero attached hydrogens (tertiary/aromatic N) is 12. The molecule has 11 rings (SSSR count). The molecule has 12 N–H and O–H groups in total. The fraction of sp³-hybridized carbons (Fsp3) is 0.481. The zero-order valence-corrected chi connectivity index (χ0v) is 62.7. The molecule has 594 valence electrons. The summed E-state index contributed by atoms with van der Waals surface area (Å²) >= 11 is 0. The van der Waals surface area contributed by atoms with Crippen LogP contribution >= 0.6 is 0 Å². The average molecular weight is 1540 g/mol. The molecule has 4 aromatic heterocycles. The Morgan fingerprint density at radius 1 is 0.514 bits per heavy atom. The Balaban J connectivity index is 0.721. The van der Waals surface area contributed by atoms with Crippen LogP contribution < -0.4 is 22.0 Å². The van der Waals surface area contributed by atoms with Gasteiger partial charge in [0.05, 0.1) is 55.1 Å². The highest BCUT2D eigenvalue weighted by molar-refractivity contribution is 5.94. The van der Waals surface area contributed by atoms with E-state index in [1.807, 2.05) is 76.5 Å². The summed E-state index contributed by atoms with van der Waals surface area (Å²) in [6, 6.07) is 17.8. The van der Waals surface area contributed by atoms with Crippen molar-refractivity contribution in [3.05, 3.63) is 117 Å². The van der Waals surface area contributed by atoms with E-state index in [0.717, 1.165) is 34.6 Å². The molecule has 2 atom stereocenters. The molecule has 3 aliphatic heterocycles. The van der Waals surface area contributed by atoms with Gasteiger partial charge in [-0.05, 0) is 140 Å². The van der Waals surface area contributed by atoms with Crippen molar-refractivity contribution in [3.63, 3.8) is 0 Å². The summed E-state index contributed by atoms with van der Waals surface area (Å²) in [5.41, 5.74) is 3.50. The van der Waals surface area contributed by atoms with Crippen molar-refractivity contribution in [2.75, 3.05) is 105 Å². The summed E-state index contributed by atoms with van der Waals surface area (Å²) in [4.78, 5) is 142. The molecule has 0 unspecified atom stereocenters. The summed E-state index contributed by atoms with van der Waals surface area (Å²) in [5, 5.41) is 103. The Hall–Kier alpha value is -11.4. The summed E-state index contributed by atoms with van der Waals surface area (Å²) in [7, 11) is 0. The minimum atomic E-state index is -1.50. The first-order valence-electron chi connectivity index (χ1n) is 37.6. The second-order valence-corrected chi connectivity index (χ2v) is 29.8. The van der Waals surface area contributed by atoms with Crippen LogP contribution in [-0.4, -0.2) is 273 Å². The van der Waals surface area contributed by atoms with Crippen LogP contribution in [0.2, 0.25) is 0 Å². The lowest BCUT2D eigenvalue weighted by molar-refractivity contribution is -0.145. The molecule has 111 heavy (non-hydrogen) atoms. The second-order valence-electron chi connectivity index (χ2n) is 29.8. The van der Waals surface area contributed by atoms with Crippen LogP contribution in [-0.2, 0) is 51.4 Å². The predicted molar refractivity (Wildman–Crippen MR) is 407 cm³/mol. The van der Waals surface area contributed by atoms with Crippen LogP contribution in [0.5, 0.6) is 23.0 Å². The first kappa shape index (κ1) is 80.6. The molecule has 0 spiro atoms. The number of aromatic nitrogens is 8. The molecule has 4 aromatic carbocycles. The third-order valence-corrected chi connectivity index (χ3v) is 21.6. The topological polar surface area (TPSA) is 453 Å². The van der Waals surface area contributed by atoms with E-state index >= 15 is 0 Å². The highest BCUT2D eigenvalue weighted by atomic mass is 16.4. The predicted octanol–water partition coefficient (Wildman–Crippen LogP) is 4.40. The van der Waals surface area contributed by atoms with E-state index in [9.17, 15) is 88.8 Å². The maximum atomic E-state index is 14.4. The smallest absolute Gasteiger partial charge is 0.348 e. The van der Waals surface area contributed by atoms with Gasteiger partial charge >= 0.3 is 35.3 Å². The van der Waals surface area contributed by atoms with Crippen LogP contribution in [0.1, 0.15) is 108 Å². The molecule has 0 bridgehead atoms. The van der Waals surface area contributed by atoms with Gasteiger partial charge in [-0.3, -0.25) is 58.0 Å². The van der Waals surface area contributed by atoms with Crippen molar-refractivity contribution in [1.29, 1.82) is 0 Å².